The summed E-state index contributed by atoms with van der Waals surface area (Å²) in [6, 6.07) is 6.94. The molecule has 1 unspecified atom stereocenters. The zero-order valence-corrected chi connectivity index (χ0v) is 9.68. The van der Waals surface area contributed by atoms with Gasteiger partial charge in [0, 0.05) is 11.6 Å². The predicted molar refractivity (Wildman–Crippen MR) is 63.7 cm³/mol. The highest BCUT2D eigenvalue weighted by atomic mass is 16.5. The monoisotopic (exact) mass is 231 g/mol. The smallest absolute Gasteiger partial charge is 0.338 e. The minimum atomic E-state index is -0.553. The van der Waals surface area contributed by atoms with Crippen molar-refractivity contribution in [1.29, 1.82) is 0 Å². The largest absolute Gasteiger partial charge is 0.465 e. The van der Waals surface area contributed by atoms with Crippen molar-refractivity contribution in [3.8, 4) is 0 Å². The molecule has 1 aromatic heterocycles. The van der Waals surface area contributed by atoms with E-state index in [1.54, 1.807) is 37.4 Å². The summed E-state index contributed by atoms with van der Waals surface area (Å²) >= 11 is 0. The highest BCUT2D eigenvalue weighted by molar-refractivity contribution is 6.03. The lowest BCUT2D eigenvalue weighted by Crippen LogP contribution is -2.03. The Balaban J connectivity index is 2.63. The molecule has 88 valence electrons. The molecule has 1 N–H and O–H groups in total. The van der Waals surface area contributed by atoms with Gasteiger partial charge in [-0.1, -0.05) is 12.1 Å². The highest BCUT2D eigenvalue weighted by Gasteiger charge is 2.11. The summed E-state index contributed by atoms with van der Waals surface area (Å²) in [5, 5.41) is 10.2. The quantitative estimate of drug-likeness (QED) is 0.804. The number of aliphatic hydroxyl groups excluding tert-OH is 1. The SMILES string of the molecule is COC(=O)c1ccnc2cc(C(C)O)ccc12. The van der Waals surface area contributed by atoms with Crippen LogP contribution in [0.3, 0.4) is 0 Å². The fourth-order valence-corrected chi connectivity index (χ4v) is 1.71. The molecular weight excluding hydrogens is 218 g/mol. The molecule has 0 aliphatic carbocycles. The number of carbonyl (C=O) groups is 1. The maximum absolute atomic E-state index is 11.5. The van der Waals surface area contributed by atoms with E-state index in [9.17, 15) is 9.90 Å². The molecular formula is C13H13NO3. The van der Waals surface area contributed by atoms with E-state index in [0.29, 0.717) is 11.1 Å². The molecule has 0 saturated carbocycles. The van der Waals surface area contributed by atoms with E-state index < -0.39 is 6.10 Å². The van der Waals surface area contributed by atoms with Gasteiger partial charge in [0.25, 0.3) is 0 Å². The third-order valence-electron chi connectivity index (χ3n) is 2.65. The second kappa shape index (κ2) is 4.51. The van der Waals surface area contributed by atoms with Gasteiger partial charge >= 0.3 is 5.97 Å². The fraction of sp³-hybridized carbons (Fsp3) is 0.231. The number of aliphatic hydroxyl groups is 1. The molecule has 0 fully saturated rings. The average Bonchev–Trinajstić information content (AvgIpc) is 2.36. The van der Waals surface area contributed by atoms with Crippen LogP contribution in [0, 0.1) is 0 Å². The number of hydrogen-bond acceptors (Lipinski definition) is 4. The Kier molecular flexibility index (Phi) is 3.06. The van der Waals surface area contributed by atoms with Crippen molar-refractivity contribution < 1.29 is 14.6 Å². The van der Waals surface area contributed by atoms with E-state index >= 15 is 0 Å². The number of fused-ring (bicyclic) bond motifs is 1. The molecule has 4 heteroatoms. The van der Waals surface area contributed by atoms with Crippen LogP contribution < -0.4 is 0 Å². The van der Waals surface area contributed by atoms with E-state index in [1.807, 2.05) is 0 Å². The number of esters is 1. The van der Waals surface area contributed by atoms with E-state index in [-0.39, 0.29) is 5.97 Å². The normalized spacial score (nSPS) is 12.4. The van der Waals surface area contributed by atoms with Crippen molar-refractivity contribution in [2.75, 3.05) is 7.11 Å². The van der Waals surface area contributed by atoms with Crippen LogP contribution in [0.1, 0.15) is 28.9 Å². The third kappa shape index (κ3) is 2.12. The molecule has 2 aromatic rings. The molecule has 0 radical (unpaired) electrons. The standard InChI is InChI=1S/C13H13NO3/c1-8(15)9-3-4-10-11(13(16)17-2)5-6-14-12(10)7-9/h3-8,15H,1-2H3. The molecule has 2 rings (SSSR count). The summed E-state index contributed by atoms with van der Waals surface area (Å²) in [6.45, 7) is 1.69. The van der Waals surface area contributed by atoms with Crippen LogP contribution in [0.4, 0.5) is 0 Å². The Bertz CT molecular complexity index is 564. The Morgan fingerprint density at radius 3 is 2.82 bits per heavy atom. The summed E-state index contributed by atoms with van der Waals surface area (Å²) in [4.78, 5) is 15.7. The van der Waals surface area contributed by atoms with Crippen molar-refractivity contribution >= 4 is 16.9 Å². The van der Waals surface area contributed by atoms with Gasteiger partial charge < -0.3 is 9.84 Å². The van der Waals surface area contributed by atoms with Crippen molar-refractivity contribution in [3.05, 3.63) is 41.6 Å². The summed E-state index contributed by atoms with van der Waals surface area (Å²) < 4.78 is 4.71. The number of aromatic nitrogens is 1. The lowest BCUT2D eigenvalue weighted by atomic mass is 10.0. The van der Waals surface area contributed by atoms with Crippen LogP contribution >= 0.6 is 0 Å². The highest BCUT2D eigenvalue weighted by Crippen LogP contribution is 2.21. The first-order valence-electron chi connectivity index (χ1n) is 5.28. The number of hydrogen-bond donors (Lipinski definition) is 1. The molecule has 0 bridgehead atoms. The predicted octanol–water partition coefficient (Wildman–Crippen LogP) is 2.07. The van der Waals surface area contributed by atoms with E-state index in [2.05, 4.69) is 4.98 Å². The van der Waals surface area contributed by atoms with Gasteiger partial charge in [0.15, 0.2) is 0 Å². The van der Waals surface area contributed by atoms with Gasteiger partial charge in [0.1, 0.15) is 0 Å². The zero-order chi connectivity index (χ0) is 12.4. The summed E-state index contributed by atoms with van der Waals surface area (Å²) in [7, 11) is 1.35. The maximum Gasteiger partial charge on any atom is 0.338 e. The summed E-state index contributed by atoms with van der Waals surface area (Å²) in [6.07, 6.45) is 1.00. The molecule has 0 spiro atoms. The van der Waals surface area contributed by atoms with E-state index in [4.69, 9.17) is 4.74 Å². The van der Waals surface area contributed by atoms with Crippen molar-refractivity contribution in [2.45, 2.75) is 13.0 Å². The van der Waals surface area contributed by atoms with Crippen molar-refractivity contribution in [1.82, 2.24) is 4.98 Å². The van der Waals surface area contributed by atoms with Crippen LogP contribution in [-0.2, 0) is 4.74 Å². The Labute approximate surface area is 98.9 Å². The Hall–Kier alpha value is -1.94. The van der Waals surface area contributed by atoms with Crippen LogP contribution in [0.5, 0.6) is 0 Å². The van der Waals surface area contributed by atoms with Crippen LogP contribution in [-0.4, -0.2) is 23.2 Å². The van der Waals surface area contributed by atoms with Crippen LogP contribution in [0.25, 0.3) is 10.9 Å². The Morgan fingerprint density at radius 2 is 2.18 bits per heavy atom. The van der Waals surface area contributed by atoms with Gasteiger partial charge in [-0.15, -0.1) is 0 Å². The number of nitrogens with zero attached hydrogens (tertiary/aromatic N) is 1. The molecule has 0 aliphatic rings. The number of carbonyl (C=O) groups excluding carboxylic acids is 1. The summed E-state index contributed by atoms with van der Waals surface area (Å²) in [5.41, 5.74) is 1.92. The molecule has 0 amide bonds. The van der Waals surface area contributed by atoms with E-state index in [1.165, 1.54) is 7.11 Å². The first kappa shape index (κ1) is 11.5. The van der Waals surface area contributed by atoms with Gasteiger partial charge in [0.2, 0.25) is 0 Å². The van der Waals surface area contributed by atoms with Gasteiger partial charge in [-0.25, -0.2) is 4.79 Å². The molecule has 1 heterocycles. The summed E-state index contributed by atoms with van der Waals surface area (Å²) in [5.74, 6) is -0.387. The minimum Gasteiger partial charge on any atom is -0.465 e. The van der Waals surface area contributed by atoms with Crippen molar-refractivity contribution in [2.24, 2.45) is 0 Å². The molecule has 1 atom stereocenters. The maximum atomic E-state index is 11.5. The van der Waals surface area contributed by atoms with Crippen LogP contribution in [0.15, 0.2) is 30.5 Å². The Morgan fingerprint density at radius 1 is 1.41 bits per heavy atom. The number of pyridine rings is 1. The molecule has 4 nitrogen and oxygen atoms in total. The van der Waals surface area contributed by atoms with Crippen LogP contribution in [0.2, 0.25) is 0 Å². The second-order valence-electron chi connectivity index (χ2n) is 3.80. The number of methoxy groups -OCH3 is 1. The molecule has 1 aromatic carbocycles. The lowest BCUT2D eigenvalue weighted by molar-refractivity contribution is 0.0603. The number of benzene rings is 1. The molecule has 0 aliphatic heterocycles. The van der Waals surface area contributed by atoms with Gasteiger partial charge in [-0.05, 0) is 24.6 Å². The molecule has 0 saturated heterocycles. The molecule has 17 heavy (non-hydrogen) atoms. The average molecular weight is 231 g/mol. The third-order valence-corrected chi connectivity index (χ3v) is 2.65. The number of ether oxygens (including phenoxy) is 1. The van der Waals surface area contributed by atoms with Crippen molar-refractivity contribution in [3.63, 3.8) is 0 Å². The van der Waals surface area contributed by atoms with Gasteiger partial charge in [-0.3, -0.25) is 4.98 Å². The zero-order valence-electron chi connectivity index (χ0n) is 9.68. The van der Waals surface area contributed by atoms with Gasteiger partial charge in [-0.2, -0.15) is 0 Å². The topological polar surface area (TPSA) is 59.4 Å². The minimum absolute atomic E-state index is 0.387. The first-order chi connectivity index (χ1) is 8.13. The first-order valence-corrected chi connectivity index (χ1v) is 5.28. The van der Waals surface area contributed by atoms with Gasteiger partial charge in [0.05, 0.1) is 24.3 Å². The second-order valence-corrected chi connectivity index (χ2v) is 3.80. The lowest BCUT2D eigenvalue weighted by Gasteiger charge is -2.08. The number of rotatable bonds is 2. The fourth-order valence-electron chi connectivity index (χ4n) is 1.71. The van der Waals surface area contributed by atoms with E-state index in [0.717, 1.165) is 10.9 Å².